The van der Waals surface area contributed by atoms with Gasteiger partial charge in [0.05, 0.1) is 22.3 Å². The molecule has 2 aromatic heterocycles. The summed E-state index contributed by atoms with van der Waals surface area (Å²) in [4.78, 5) is 10.3. The van der Waals surface area contributed by atoms with E-state index in [1.54, 1.807) is 11.3 Å². The molecule has 0 spiro atoms. The van der Waals surface area contributed by atoms with Crippen LogP contribution < -0.4 is 5.32 Å². The first kappa shape index (κ1) is 14.2. The second kappa shape index (κ2) is 5.92. The van der Waals surface area contributed by atoms with Crippen molar-refractivity contribution in [2.75, 3.05) is 6.54 Å². The molecule has 3 rings (SSSR count). The van der Waals surface area contributed by atoms with E-state index in [9.17, 15) is 0 Å². The fourth-order valence-corrected chi connectivity index (χ4v) is 3.68. The predicted molar refractivity (Wildman–Crippen MR) is 88.9 cm³/mol. The highest BCUT2D eigenvalue weighted by molar-refractivity contribution is 7.11. The van der Waals surface area contributed by atoms with Crippen LogP contribution in [0.15, 0.2) is 36.5 Å². The van der Waals surface area contributed by atoms with E-state index in [1.807, 2.05) is 12.3 Å². The molecule has 0 fully saturated rings. The van der Waals surface area contributed by atoms with Crippen molar-refractivity contribution in [2.24, 2.45) is 0 Å². The summed E-state index contributed by atoms with van der Waals surface area (Å²) in [6, 6.07) is 10.8. The molecule has 0 aliphatic carbocycles. The Balaban J connectivity index is 2.08. The number of nitrogens with one attached hydrogen (secondary N) is 1. The zero-order valence-corrected chi connectivity index (χ0v) is 13.4. The van der Waals surface area contributed by atoms with Crippen LogP contribution in [0.4, 0.5) is 0 Å². The first-order valence-corrected chi connectivity index (χ1v) is 8.02. The van der Waals surface area contributed by atoms with Gasteiger partial charge in [-0.1, -0.05) is 25.1 Å². The van der Waals surface area contributed by atoms with Crippen LogP contribution in [0.3, 0.4) is 0 Å². The van der Waals surface area contributed by atoms with Crippen LogP contribution in [-0.2, 0) is 0 Å². The van der Waals surface area contributed by atoms with Crippen LogP contribution in [0.25, 0.3) is 10.9 Å². The molecule has 0 aliphatic heterocycles. The molecule has 0 amide bonds. The Labute approximate surface area is 129 Å². The van der Waals surface area contributed by atoms with Crippen LogP contribution in [0.5, 0.6) is 0 Å². The Kier molecular flexibility index (Phi) is 3.99. The third-order valence-corrected chi connectivity index (χ3v) is 4.71. The number of aryl methyl sites for hydroxylation is 2. The fraction of sp³-hybridized carbons (Fsp3) is 0.294. The summed E-state index contributed by atoms with van der Waals surface area (Å²) in [5.41, 5.74) is 3.40. The van der Waals surface area contributed by atoms with Crippen LogP contribution in [0, 0.1) is 13.8 Å². The molecule has 4 heteroatoms. The number of rotatable bonds is 4. The van der Waals surface area contributed by atoms with Gasteiger partial charge in [-0.25, -0.2) is 4.98 Å². The van der Waals surface area contributed by atoms with E-state index in [0.29, 0.717) is 0 Å². The molecule has 1 unspecified atom stereocenters. The first-order chi connectivity index (χ1) is 10.2. The van der Waals surface area contributed by atoms with E-state index in [1.165, 1.54) is 15.8 Å². The van der Waals surface area contributed by atoms with Crippen LogP contribution in [0.1, 0.15) is 34.1 Å². The average molecular weight is 297 g/mol. The average Bonchev–Trinajstić information content (AvgIpc) is 2.83. The summed E-state index contributed by atoms with van der Waals surface area (Å²) in [6.45, 7) is 7.20. The van der Waals surface area contributed by atoms with E-state index in [4.69, 9.17) is 0 Å². The highest BCUT2D eigenvalue weighted by Gasteiger charge is 2.19. The lowest BCUT2D eigenvalue weighted by atomic mass is 10.0. The number of aromatic nitrogens is 2. The number of fused-ring (bicyclic) bond motifs is 1. The largest absolute Gasteiger partial charge is 0.306 e. The summed E-state index contributed by atoms with van der Waals surface area (Å²) in [5.74, 6) is 0. The lowest BCUT2D eigenvalue weighted by molar-refractivity contribution is 0.636. The standard InChI is InChI=1S/C17H19N3S/c1-4-18-16(17-11(2)20-12(3)21-17)14-8-7-13-6-5-9-19-15(13)10-14/h5-10,16,18H,4H2,1-3H3. The molecule has 1 aromatic carbocycles. The number of nitrogens with zero attached hydrogens (tertiary/aromatic N) is 2. The number of benzene rings is 1. The van der Waals surface area contributed by atoms with Crippen molar-refractivity contribution in [1.29, 1.82) is 0 Å². The van der Waals surface area contributed by atoms with Gasteiger partial charge < -0.3 is 5.32 Å². The molecule has 3 aromatic rings. The third kappa shape index (κ3) is 2.82. The Morgan fingerprint density at radius 3 is 2.81 bits per heavy atom. The topological polar surface area (TPSA) is 37.8 Å². The molecule has 108 valence electrons. The maximum absolute atomic E-state index is 4.56. The molecule has 1 atom stereocenters. The highest BCUT2D eigenvalue weighted by Crippen LogP contribution is 2.31. The van der Waals surface area contributed by atoms with Crippen molar-refractivity contribution in [3.8, 4) is 0 Å². The van der Waals surface area contributed by atoms with Crippen molar-refractivity contribution in [2.45, 2.75) is 26.8 Å². The molecule has 2 heterocycles. The van der Waals surface area contributed by atoms with Crippen molar-refractivity contribution in [1.82, 2.24) is 15.3 Å². The van der Waals surface area contributed by atoms with Crippen LogP contribution >= 0.6 is 11.3 Å². The maximum Gasteiger partial charge on any atom is 0.0900 e. The molecule has 0 radical (unpaired) electrons. The summed E-state index contributed by atoms with van der Waals surface area (Å²) in [5, 5.41) is 5.87. The van der Waals surface area contributed by atoms with E-state index in [0.717, 1.165) is 22.8 Å². The predicted octanol–water partition coefficient (Wildman–Crippen LogP) is 4.01. The molecule has 3 nitrogen and oxygen atoms in total. The molecule has 21 heavy (non-hydrogen) atoms. The van der Waals surface area contributed by atoms with Gasteiger partial charge in [-0.05, 0) is 38.1 Å². The van der Waals surface area contributed by atoms with Gasteiger partial charge in [0.15, 0.2) is 0 Å². The van der Waals surface area contributed by atoms with Gasteiger partial charge in [0.1, 0.15) is 0 Å². The molecule has 0 saturated carbocycles. The molecule has 1 N–H and O–H groups in total. The minimum atomic E-state index is 0.188. The highest BCUT2D eigenvalue weighted by atomic mass is 32.1. The van der Waals surface area contributed by atoms with Crippen LogP contribution in [-0.4, -0.2) is 16.5 Å². The minimum Gasteiger partial charge on any atom is -0.306 e. The van der Waals surface area contributed by atoms with E-state index >= 15 is 0 Å². The number of hydrogen-bond donors (Lipinski definition) is 1. The number of hydrogen-bond acceptors (Lipinski definition) is 4. The fourth-order valence-electron chi connectivity index (χ4n) is 2.64. The number of pyridine rings is 1. The summed E-state index contributed by atoms with van der Waals surface area (Å²) < 4.78 is 0. The summed E-state index contributed by atoms with van der Waals surface area (Å²) in [7, 11) is 0. The summed E-state index contributed by atoms with van der Waals surface area (Å²) in [6.07, 6.45) is 1.84. The van der Waals surface area contributed by atoms with E-state index in [2.05, 4.69) is 60.3 Å². The van der Waals surface area contributed by atoms with Crippen molar-refractivity contribution in [3.05, 3.63) is 57.7 Å². The van der Waals surface area contributed by atoms with Crippen molar-refractivity contribution >= 4 is 22.2 Å². The van der Waals surface area contributed by atoms with Gasteiger partial charge in [0.2, 0.25) is 0 Å². The minimum absolute atomic E-state index is 0.188. The first-order valence-electron chi connectivity index (χ1n) is 7.21. The Hall–Kier alpha value is -1.78. The molecule has 0 aliphatic rings. The van der Waals surface area contributed by atoms with E-state index in [-0.39, 0.29) is 6.04 Å². The Morgan fingerprint density at radius 2 is 2.10 bits per heavy atom. The Morgan fingerprint density at radius 1 is 1.24 bits per heavy atom. The van der Waals surface area contributed by atoms with Gasteiger partial charge in [-0.2, -0.15) is 0 Å². The lowest BCUT2D eigenvalue weighted by Crippen LogP contribution is -2.21. The Bertz CT molecular complexity index is 764. The quantitative estimate of drug-likeness (QED) is 0.790. The monoisotopic (exact) mass is 297 g/mol. The van der Waals surface area contributed by atoms with Gasteiger partial charge in [0, 0.05) is 16.5 Å². The van der Waals surface area contributed by atoms with Crippen molar-refractivity contribution < 1.29 is 0 Å². The zero-order chi connectivity index (χ0) is 14.8. The van der Waals surface area contributed by atoms with Gasteiger partial charge in [-0.3, -0.25) is 4.98 Å². The van der Waals surface area contributed by atoms with Gasteiger partial charge in [-0.15, -0.1) is 11.3 Å². The van der Waals surface area contributed by atoms with Gasteiger partial charge >= 0.3 is 0 Å². The molecule has 0 saturated heterocycles. The SMILES string of the molecule is CCNC(c1ccc2cccnc2c1)c1sc(C)nc1C. The van der Waals surface area contributed by atoms with Gasteiger partial charge in [0.25, 0.3) is 0 Å². The molecule has 0 bridgehead atoms. The lowest BCUT2D eigenvalue weighted by Gasteiger charge is -2.18. The van der Waals surface area contributed by atoms with E-state index < -0.39 is 0 Å². The second-order valence-electron chi connectivity index (χ2n) is 5.13. The van der Waals surface area contributed by atoms with Crippen molar-refractivity contribution in [3.63, 3.8) is 0 Å². The third-order valence-electron chi connectivity index (χ3n) is 3.57. The smallest absolute Gasteiger partial charge is 0.0900 e. The normalized spacial score (nSPS) is 12.7. The number of thiazole rings is 1. The maximum atomic E-state index is 4.56. The second-order valence-corrected chi connectivity index (χ2v) is 6.36. The zero-order valence-electron chi connectivity index (χ0n) is 12.6. The summed E-state index contributed by atoms with van der Waals surface area (Å²) >= 11 is 1.77. The molecular weight excluding hydrogens is 278 g/mol. The molecular formula is C17H19N3S. The van der Waals surface area contributed by atoms with Crippen LogP contribution in [0.2, 0.25) is 0 Å².